The standard InChI is InChI=1S/C14H17FO5/c1-10(17)20-9-14(2,8-16)13(18)19-7-11-3-5-12(15)6-4-11/h3-6,16H,7-9H2,1-2H3. The monoisotopic (exact) mass is 284 g/mol. The maximum Gasteiger partial charge on any atom is 0.317 e. The smallest absolute Gasteiger partial charge is 0.317 e. The number of benzene rings is 1. The van der Waals surface area contributed by atoms with Gasteiger partial charge < -0.3 is 14.6 Å². The molecule has 0 saturated carbocycles. The van der Waals surface area contributed by atoms with Crippen molar-refractivity contribution < 1.29 is 28.6 Å². The van der Waals surface area contributed by atoms with Gasteiger partial charge in [0.2, 0.25) is 0 Å². The number of rotatable bonds is 6. The van der Waals surface area contributed by atoms with E-state index in [4.69, 9.17) is 9.47 Å². The molecule has 0 aromatic heterocycles. The first-order chi connectivity index (χ1) is 9.37. The van der Waals surface area contributed by atoms with Crippen molar-refractivity contribution in [3.63, 3.8) is 0 Å². The van der Waals surface area contributed by atoms with Gasteiger partial charge >= 0.3 is 11.9 Å². The SMILES string of the molecule is CC(=O)OCC(C)(CO)C(=O)OCc1ccc(F)cc1. The first-order valence-electron chi connectivity index (χ1n) is 6.03. The molecule has 1 N–H and O–H groups in total. The summed E-state index contributed by atoms with van der Waals surface area (Å²) in [7, 11) is 0. The van der Waals surface area contributed by atoms with E-state index in [0.29, 0.717) is 5.56 Å². The lowest BCUT2D eigenvalue weighted by molar-refractivity contribution is -0.166. The summed E-state index contributed by atoms with van der Waals surface area (Å²) in [6.45, 7) is 1.82. The molecule has 0 aliphatic carbocycles. The van der Waals surface area contributed by atoms with Crippen LogP contribution in [0.25, 0.3) is 0 Å². The topological polar surface area (TPSA) is 72.8 Å². The van der Waals surface area contributed by atoms with Gasteiger partial charge in [-0.05, 0) is 24.6 Å². The van der Waals surface area contributed by atoms with Crippen molar-refractivity contribution in [1.29, 1.82) is 0 Å². The van der Waals surface area contributed by atoms with Gasteiger partial charge in [-0.3, -0.25) is 9.59 Å². The Morgan fingerprint density at radius 2 is 1.85 bits per heavy atom. The number of halogens is 1. The number of hydrogen-bond acceptors (Lipinski definition) is 5. The second-order valence-electron chi connectivity index (χ2n) is 4.70. The van der Waals surface area contributed by atoms with E-state index in [9.17, 15) is 19.1 Å². The van der Waals surface area contributed by atoms with Gasteiger partial charge in [-0.25, -0.2) is 4.39 Å². The molecule has 0 saturated heterocycles. The van der Waals surface area contributed by atoms with Gasteiger partial charge in [0.25, 0.3) is 0 Å². The van der Waals surface area contributed by atoms with Crippen LogP contribution in [0.3, 0.4) is 0 Å². The Balaban J connectivity index is 2.58. The quantitative estimate of drug-likeness (QED) is 0.800. The molecule has 1 rings (SSSR count). The Morgan fingerprint density at radius 1 is 1.25 bits per heavy atom. The van der Waals surface area contributed by atoms with Crippen LogP contribution in [0.15, 0.2) is 24.3 Å². The van der Waals surface area contributed by atoms with Gasteiger partial charge in [-0.2, -0.15) is 0 Å². The highest BCUT2D eigenvalue weighted by Gasteiger charge is 2.36. The lowest BCUT2D eigenvalue weighted by Gasteiger charge is -2.24. The van der Waals surface area contributed by atoms with E-state index in [0.717, 1.165) is 0 Å². The highest BCUT2D eigenvalue weighted by molar-refractivity contribution is 5.77. The van der Waals surface area contributed by atoms with Gasteiger partial charge in [-0.1, -0.05) is 12.1 Å². The van der Waals surface area contributed by atoms with Gasteiger partial charge in [0, 0.05) is 6.92 Å². The average Bonchev–Trinajstić information content (AvgIpc) is 2.43. The molecule has 0 fully saturated rings. The zero-order chi connectivity index (χ0) is 15.2. The van der Waals surface area contributed by atoms with E-state index in [1.165, 1.54) is 38.1 Å². The fourth-order valence-corrected chi connectivity index (χ4v) is 1.33. The van der Waals surface area contributed by atoms with E-state index in [1.54, 1.807) is 0 Å². The second kappa shape index (κ2) is 7.00. The molecule has 5 nitrogen and oxygen atoms in total. The largest absolute Gasteiger partial charge is 0.465 e. The molecule has 0 spiro atoms. The van der Waals surface area contributed by atoms with Crippen molar-refractivity contribution in [3.8, 4) is 0 Å². The molecule has 0 amide bonds. The number of aliphatic hydroxyl groups is 1. The molecule has 0 bridgehead atoms. The highest BCUT2D eigenvalue weighted by Crippen LogP contribution is 2.19. The third-order valence-electron chi connectivity index (χ3n) is 2.72. The molecule has 0 aliphatic heterocycles. The predicted octanol–water partition coefficient (Wildman–Crippen LogP) is 1.43. The van der Waals surface area contributed by atoms with Crippen LogP contribution in [0.1, 0.15) is 19.4 Å². The Bertz CT molecular complexity index is 471. The molecule has 1 atom stereocenters. The first kappa shape index (κ1) is 16.1. The molecule has 6 heteroatoms. The molecular formula is C14H17FO5. The minimum Gasteiger partial charge on any atom is -0.465 e. The maximum atomic E-state index is 12.7. The molecule has 1 unspecified atom stereocenters. The number of esters is 2. The third kappa shape index (κ3) is 4.62. The Hall–Kier alpha value is -1.95. The van der Waals surface area contributed by atoms with Gasteiger partial charge in [0.15, 0.2) is 0 Å². The number of carbonyl (C=O) groups excluding carboxylic acids is 2. The molecule has 0 heterocycles. The lowest BCUT2D eigenvalue weighted by atomic mass is 9.93. The minimum absolute atomic E-state index is 0.0469. The van der Waals surface area contributed by atoms with Crippen molar-refractivity contribution in [2.75, 3.05) is 13.2 Å². The molecule has 110 valence electrons. The average molecular weight is 284 g/mol. The summed E-state index contributed by atoms with van der Waals surface area (Å²) in [6.07, 6.45) is 0. The normalized spacial score (nSPS) is 13.4. The Morgan fingerprint density at radius 3 is 2.35 bits per heavy atom. The van der Waals surface area contributed by atoms with E-state index in [1.807, 2.05) is 0 Å². The lowest BCUT2D eigenvalue weighted by Crippen LogP contribution is -2.38. The van der Waals surface area contributed by atoms with Gasteiger partial charge in [-0.15, -0.1) is 0 Å². The molecule has 1 aromatic carbocycles. The number of aliphatic hydroxyl groups excluding tert-OH is 1. The maximum absolute atomic E-state index is 12.7. The molecule has 0 aliphatic rings. The van der Waals surface area contributed by atoms with Crippen LogP contribution < -0.4 is 0 Å². The molecule has 20 heavy (non-hydrogen) atoms. The van der Waals surface area contributed by atoms with Crippen molar-refractivity contribution >= 4 is 11.9 Å². The predicted molar refractivity (Wildman–Crippen MR) is 68.0 cm³/mol. The van der Waals surface area contributed by atoms with Crippen LogP contribution in [-0.2, 0) is 25.7 Å². The zero-order valence-electron chi connectivity index (χ0n) is 11.4. The summed E-state index contributed by atoms with van der Waals surface area (Å²) in [6, 6.07) is 5.50. The number of carbonyl (C=O) groups is 2. The van der Waals surface area contributed by atoms with Crippen LogP contribution in [-0.4, -0.2) is 30.3 Å². The fourth-order valence-electron chi connectivity index (χ4n) is 1.33. The summed E-state index contributed by atoms with van der Waals surface area (Å²) in [5.41, 5.74) is -0.696. The van der Waals surface area contributed by atoms with Crippen molar-refractivity contribution in [2.45, 2.75) is 20.5 Å². The first-order valence-corrected chi connectivity index (χ1v) is 6.03. The van der Waals surface area contributed by atoms with E-state index in [2.05, 4.69) is 0 Å². The molecular weight excluding hydrogens is 267 g/mol. The van der Waals surface area contributed by atoms with Crippen molar-refractivity contribution in [2.24, 2.45) is 5.41 Å². The molecule has 1 aromatic rings. The van der Waals surface area contributed by atoms with Crippen LogP contribution in [0.5, 0.6) is 0 Å². The van der Waals surface area contributed by atoms with Crippen LogP contribution in [0.2, 0.25) is 0 Å². The van der Waals surface area contributed by atoms with Crippen molar-refractivity contribution in [3.05, 3.63) is 35.6 Å². The number of hydrogen-bond donors (Lipinski definition) is 1. The van der Waals surface area contributed by atoms with E-state index >= 15 is 0 Å². The van der Waals surface area contributed by atoms with E-state index in [-0.39, 0.29) is 19.0 Å². The third-order valence-corrected chi connectivity index (χ3v) is 2.72. The van der Waals surface area contributed by atoms with Crippen molar-refractivity contribution in [1.82, 2.24) is 0 Å². The van der Waals surface area contributed by atoms with E-state index < -0.39 is 24.0 Å². The molecule has 0 radical (unpaired) electrons. The Labute approximate surface area is 116 Å². The second-order valence-corrected chi connectivity index (χ2v) is 4.70. The zero-order valence-corrected chi connectivity index (χ0v) is 11.4. The fraction of sp³-hybridized carbons (Fsp3) is 0.429. The van der Waals surface area contributed by atoms with Crippen LogP contribution >= 0.6 is 0 Å². The van der Waals surface area contributed by atoms with Crippen LogP contribution in [0, 0.1) is 11.2 Å². The van der Waals surface area contributed by atoms with Gasteiger partial charge in [0.05, 0.1) is 6.61 Å². The number of ether oxygens (including phenoxy) is 2. The summed E-state index contributed by atoms with van der Waals surface area (Å²) in [5, 5.41) is 9.26. The summed E-state index contributed by atoms with van der Waals surface area (Å²) in [5.74, 6) is -1.61. The van der Waals surface area contributed by atoms with Crippen LogP contribution in [0.4, 0.5) is 4.39 Å². The Kier molecular flexibility index (Phi) is 5.64. The summed E-state index contributed by atoms with van der Waals surface area (Å²) < 4.78 is 22.5. The summed E-state index contributed by atoms with van der Waals surface area (Å²) >= 11 is 0. The highest BCUT2D eigenvalue weighted by atomic mass is 19.1. The van der Waals surface area contributed by atoms with Gasteiger partial charge in [0.1, 0.15) is 24.4 Å². The minimum atomic E-state index is -1.31. The summed E-state index contributed by atoms with van der Waals surface area (Å²) in [4.78, 5) is 22.6.